The van der Waals surface area contributed by atoms with Crippen LogP contribution in [0.15, 0.2) is 41.2 Å². The Morgan fingerprint density at radius 1 is 1.62 bits per heavy atom. The van der Waals surface area contributed by atoms with Gasteiger partial charge >= 0.3 is 0 Å². The monoisotopic (exact) mass is 439 g/mol. The van der Waals surface area contributed by atoms with Crippen molar-refractivity contribution in [1.29, 1.82) is 0 Å². The van der Waals surface area contributed by atoms with Crippen LogP contribution >= 0.6 is 41.9 Å². The molecule has 2 rings (SSSR count). The van der Waals surface area contributed by atoms with Gasteiger partial charge in [-0.15, -0.1) is 0 Å². The lowest BCUT2D eigenvalue weighted by Crippen LogP contribution is -2.31. The molecule has 2 heterocycles. The molecule has 21 heavy (non-hydrogen) atoms. The van der Waals surface area contributed by atoms with Crippen LogP contribution in [0.4, 0.5) is 10.2 Å². The second-order valence-electron chi connectivity index (χ2n) is 4.15. The number of rotatable bonds is 4. The van der Waals surface area contributed by atoms with Gasteiger partial charge in [0.2, 0.25) is 0 Å². The predicted molar refractivity (Wildman–Crippen MR) is 95.0 cm³/mol. The maximum Gasteiger partial charge on any atom is 0.161 e. The zero-order chi connectivity index (χ0) is 15.4. The van der Waals surface area contributed by atoms with Crippen LogP contribution < -0.4 is 15.4 Å². The minimum absolute atomic E-state index is 0.000810. The second kappa shape index (κ2) is 7.32. The van der Waals surface area contributed by atoms with Gasteiger partial charge in [0.1, 0.15) is 17.5 Å². The van der Waals surface area contributed by atoms with Crippen molar-refractivity contribution >= 4 is 53.6 Å². The van der Waals surface area contributed by atoms with Gasteiger partial charge in [0.15, 0.2) is 5.83 Å². The Labute approximate surface area is 143 Å². The Bertz CT molecular complexity index is 634. The quantitative estimate of drug-likeness (QED) is 0.556. The molecule has 1 aliphatic heterocycles. The molecule has 9 heteroatoms. The molecule has 1 aromatic heterocycles. The first kappa shape index (κ1) is 16.4. The van der Waals surface area contributed by atoms with E-state index in [4.69, 9.17) is 17.3 Å². The summed E-state index contributed by atoms with van der Waals surface area (Å²) in [5, 5.41) is 3.27. The first-order valence-corrected chi connectivity index (χ1v) is 9.54. The van der Waals surface area contributed by atoms with E-state index in [9.17, 15) is 4.39 Å². The molecular formula is C12H12ClFIN5S. The van der Waals surface area contributed by atoms with Crippen LogP contribution in [-0.4, -0.2) is 17.4 Å². The van der Waals surface area contributed by atoms with Crippen LogP contribution in [0.1, 0.15) is 5.56 Å². The third kappa shape index (κ3) is 4.24. The molecule has 112 valence electrons. The molecule has 5 nitrogen and oxygen atoms in total. The number of halogens is 3. The fourth-order valence-electron chi connectivity index (χ4n) is 1.61. The lowest BCUT2D eigenvalue weighted by atomic mass is 10.3. The first-order chi connectivity index (χ1) is 10.0. The number of hydrogen-bond donors (Lipinski definition) is 2. The average molecular weight is 440 g/mol. The fraction of sp³-hybridized carbons (Fsp3) is 0.167. The van der Waals surface area contributed by atoms with E-state index in [-0.39, 0.29) is 12.4 Å². The highest BCUT2D eigenvalue weighted by Gasteiger charge is 2.12. The zero-order valence-corrected chi connectivity index (χ0v) is 14.7. The van der Waals surface area contributed by atoms with Gasteiger partial charge in [-0.1, -0.05) is 11.6 Å². The highest BCUT2D eigenvalue weighted by Crippen LogP contribution is 2.29. The Kier molecular flexibility index (Phi) is 5.71. The number of aromatic nitrogens is 1. The standard InChI is InChI=1S/C12H12ClFIN5S/c1-7-4-8(13)5-18-12(7)20(21-15)3-2-10-17-6-9(14)11(16)19-10/h2-5H,6,16H2,1H3,(H,17,19)/b3-2+. The van der Waals surface area contributed by atoms with Crippen molar-refractivity contribution in [3.63, 3.8) is 0 Å². The summed E-state index contributed by atoms with van der Waals surface area (Å²) in [6.07, 6.45) is 5.08. The average Bonchev–Trinajstić information content (AvgIpc) is 2.45. The van der Waals surface area contributed by atoms with Crippen molar-refractivity contribution in [3.8, 4) is 0 Å². The number of amidine groups is 1. The van der Waals surface area contributed by atoms with Gasteiger partial charge in [-0.25, -0.2) is 9.37 Å². The van der Waals surface area contributed by atoms with E-state index in [1.54, 1.807) is 18.5 Å². The second-order valence-corrected chi connectivity index (χ2v) is 6.30. The molecule has 1 aromatic rings. The lowest BCUT2D eigenvalue weighted by molar-refractivity contribution is 0.589. The smallest absolute Gasteiger partial charge is 0.161 e. The molecule has 1 aliphatic rings. The predicted octanol–water partition coefficient (Wildman–Crippen LogP) is 3.46. The van der Waals surface area contributed by atoms with E-state index in [1.165, 1.54) is 9.12 Å². The fourth-order valence-corrected chi connectivity index (χ4v) is 3.14. The summed E-state index contributed by atoms with van der Waals surface area (Å²) >= 11 is 8.05. The van der Waals surface area contributed by atoms with Crippen molar-refractivity contribution in [1.82, 2.24) is 10.3 Å². The topological polar surface area (TPSA) is 66.5 Å². The van der Waals surface area contributed by atoms with Crippen molar-refractivity contribution in [3.05, 3.63) is 46.8 Å². The molecule has 0 aromatic carbocycles. The Morgan fingerprint density at radius 2 is 2.38 bits per heavy atom. The maximum absolute atomic E-state index is 13.1. The number of pyridine rings is 1. The summed E-state index contributed by atoms with van der Waals surface area (Å²) < 4.78 is 14.9. The molecule has 0 amide bonds. The molecule has 0 aliphatic carbocycles. The molecule has 3 N–H and O–H groups in total. The largest absolute Gasteiger partial charge is 0.383 e. The third-order valence-electron chi connectivity index (χ3n) is 2.61. The van der Waals surface area contributed by atoms with Crippen LogP contribution in [0.5, 0.6) is 0 Å². The summed E-state index contributed by atoms with van der Waals surface area (Å²) in [6, 6.07) is 1.84. The molecular weight excluding hydrogens is 428 g/mol. The van der Waals surface area contributed by atoms with Gasteiger partial charge in [-0.05, 0) is 24.6 Å². The Morgan fingerprint density at radius 3 is 3.00 bits per heavy atom. The number of nitrogens with two attached hydrogens (primary N) is 1. The first-order valence-electron chi connectivity index (χ1n) is 5.85. The van der Waals surface area contributed by atoms with Gasteiger partial charge in [-0.2, -0.15) is 0 Å². The van der Waals surface area contributed by atoms with Crippen LogP contribution in [0.25, 0.3) is 0 Å². The van der Waals surface area contributed by atoms with Gasteiger partial charge in [-0.3, -0.25) is 9.30 Å². The Hall–Kier alpha value is -1.00. The number of nitrogens with zero attached hydrogens (tertiary/aromatic N) is 3. The van der Waals surface area contributed by atoms with E-state index in [0.29, 0.717) is 10.9 Å². The van der Waals surface area contributed by atoms with Crippen LogP contribution in [0.3, 0.4) is 0 Å². The van der Waals surface area contributed by atoms with Crippen molar-refractivity contribution in [2.45, 2.75) is 6.92 Å². The van der Waals surface area contributed by atoms with Crippen molar-refractivity contribution < 1.29 is 4.39 Å². The number of aliphatic imine (C=N–C) groups is 1. The molecule has 0 atom stereocenters. The van der Waals surface area contributed by atoms with E-state index in [0.717, 1.165) is 11.4 Å². The number of hydrogen-bond acceptors (Lipinski definition) is 6. The molecule has 0 spiro atoms. The molecule has 0 saturated carbocycles. The van der Waals surface area contributed by atoms with Crippen LogP contribution in [-0.2, 0) is 0 Å². The van der Waals surface area contributed by atoms with Gasteiger partial charge in [0.25, 0.3) is 0 Å². The minimum Gasteiger partial charge on any atom is -0.383 e. The zero-order valence-electron chi connectivity index (χ0n) is 11.0. The van der Waals surface area contributed by atoms with E-state index < -0.39 is 5.83 Å². The van der Waals surface area contributed by atoms with Crippen LogP contribution in [0, 0.1) is 6.92 Å². The van der Waals surface area contributed by atoms with E-state index in [2.05, 4.69) is 36.5 Å². The number of nitrogens with one attached hydrogen (secondary N) is 1. The lowest BCUT2D eigenvalue weighted by Gasteiger charge is -2.18. The normalized spacial score (nSPS) is 15.1. The SMILES string of the molecule is Cc1cc(Cl)cnc1N(/C=C/C1=NCC(F)=C(N)N1)SI. The molecule has 0 bridgehead atoms. The molecule has 0 unspecified atom stereocenters. The minimum atomic E-state index is -0.456. The van der Waals surface area contributed by atoms with E-state index in [1.807, 2.05) is 17.3 Å². The summed E-state index contributed by atoms with van der Waals surface area (Å²) in [6.45, 7) is 1.88. The van der Waals surface area contributed by atoms with Crippen LogP contribution in [0.2, 0.25) is 5.02 Å². The Balaban J connectivity index is 2.14. The highest BCUT2D eigenvalue weighted by atomic mass is 127. The van der Waals surface area contributed by atoms with Gasteiger partial charge in [0, 0.05) is 42.7 Å². The summed E-state index contributed by atoms with van der Waals surface area (Å²) in [5.41, 5.74) is 6.44. The van der Waals surface area contributed by atoms with Gasteiger partial charge < -0.3 is 11.1 Å². The highest BCUT2D eigenvalue weighted by molar-refractivity contribution is 14.2. The van der Waals surface area contributed by atoms with Crippen molar-refractivity contribution in [2.24, 2.45) is 10.7 Å². The molecule has 0 fully saturated rings. The maximum atomic E-state index is 13.1. The summed E-state index contributed by atoms with van der Waals surface area (Å²) in [5.74, 6) is 0.804. The third-order valence-corrected chi connectivity index (χ3v) is 4.53. The number of aryl methyl sites for hydroxylation is 1. The summed E-state index contributed by atoms with van der Waals surface area (Å²) in [7, 11) is 1.44. The van der Waals surface area contributed by atoms with E-state index >= 15 is 0 Å². The van der Waals surface area contributed by atoms with Crippen molar-refractivity contribution in [2.75, 3.05) is 10.8 Å². The number of anilines is 1. The van der Waals surface area contributed by atoms with Gasteiger partial charge in [0.05, 0.1) is 11.6 Å². The summed E-state index contributed by atoms with van der Waals surface area (Å²) in [4.78, 5) is 8.33. The molecule has 0 radical (unpaired) electrons. The molecule has 0 saturated heterocycles.